The molecule has 1 fully saturated rings. The number of nitrogens with zero attached hydrogens (tertiary/aromatic N) is 1. The van der Waals surface area contributed by atoms with Gasteiger partial charge in [-0.3, -0.25) is 4.79 Å². The second-order valence-electron chi connectivity index (χ2n) is 3.31. The highest BCUT2D eigenvalue weighted by Crippen LogP contribution is 2.33. The van der Waals surface area contributed by atoms with Crippen LogP contribution in [0.5, 0.6) is 0 Å². The van der Waals surface area contributed by atoms with Crippen LogP contribution in [0.2, 0.25) is 0 Å². The maximum atomic E-state index is 11.3. The number of aliphatic carboxylic acids is 1. The van der Waals surface area contributed by atoms with Gasteiger partial charge >= 0.3 is 5.97 Å². The molecule has 1 aliphatic heterocycles. The largest absolute Gasteiger partial charge is 0.480 e. The molecule has 0 aliphatic carbocycles. The van der Waals surface area contributed by atoms with E-state index < -0.39 is 22.2 Å². The molecular weight excluding hydrogens is 240 g/mol. The quantitative estimate of drug-likeness (QED) is 0.724. The minimum absolute atomic E-state index is 0.260. The second kappa shape index (κ2) is 4.69. The van der Waals surface area contributed by atoms with Gasteiger partial charge in [-0.25, -0.2) is 5.14 Å². The molecule has 0 aromatic carbocycles. The Morgan fingerprint density at radius 2 is 2.27 bits per heavy atom. The molecule has 0 saturated carbocycles. The van der Waals surface area contributed by atoms with Crippen molar-refractivity contribution in [2.75, 3.05) is 5.75 Å². The monoisotopic (exact) mass is 254 g/mol. The van der Waals surface area contributed by atoms with Crippen LogP contribution < -0.4 is 5.14 Å². The first-order valence-electron chi connectivity index (χ1n) is 4.53. The smallest absolute Gasteiger partial charge is 0.322 e. The van der Waals surface area contributed by atoms with Gasteiger partial charge in [0.15, 0.2) is 0 Å². The molecule has 1 saturated heterocycles. The van der Waals surface area contributed by atoms with Crippen molar-refractivity contribution in [3.05, 3.63) is 0 Å². The van der Waals surface area contributed by atoms with Crippen molar-refractivity contribution in [3.8, 4) is 0 Å². The Kier molecular flexibility index (Phi) is 3.99. The first-order chi connectivity index (χ1) is 6.88. The summed E-state index contributed by atoms with van der Waals surface area (Å²) in [6, 6.07) is -1.03. The standard InChI is InChI=1S/C7H14N2O4S2/c1-2-3-6-9(15(8,12)13)5(4-14-6)7(10)11/h5-6H,2-4H2,1H3,(H,10,11)(H2,8,12,13). The topological polar surface area (TPSA) is 101 Å². The Hall–Kier alpha value is -0.310. The van der Waals surface area contributed by atoms with E-state index >= 15 is 0 Å². The lowest BCUT2D eigenvalue weighted by Crippen LogP contribution is -2.48. The van der Waals surface area contributed by atoms with E-state index in [9.17, 15) is 13.2 Å². The third-order valence-electron chi connectivity index (χ3n) is 2.15. The average Bonchev–Trinajstić information content (AvgIpc) is 2.47. The van der Waals surface area contributed by atoms with Gasteiger partial charge in [0.2, 0.25) is 0 Å². The summed E-state index contributed by atoms with van der Waals surface area (Å²) in [4.78, 5) is 10.8. The summed E-state index contributed by atoms with van der Waals surface area (Å²) in [7, 11) is -3.94. The Balaban J connectivity index is 2.93. The zero-order valence-corrected chi connectivity index (χ0v) is 9.92. The molecule has 88 valence electrons. The maximum Gasteiger partial charge on any atom is 0.322 e. The predicted molar refractivity (Wildman–Crippen MR) is 57.5 cm³/mol. The van der Waals surface area contributed by atoms with Crippen LogP contribution in [0.1, 0.15) is 19.8 Å². The first kappa shape index (κ1) is 12.8. The van der Waals surface area contributed by atoms with Crippen molar-refractivity contribution in [3.63, 3.8) is 0 Å². The molecule has 15 heavy (non-hydrogen) atoms. The first-order valence-corrected chi connectivity index (χ1v) is 7.08. The van der Waals surface area contributed by atoms with Crippen LogP contribution in [0, 0.1) is 0 Å². The maximum absolute atomic E-state index is 11.3. The molecule has 0 spiro atoms. The van der Waals surface area contributed by atoms with Gasteiger partial charge in [0.1, 0.15) is 6.04 Å². The lowest BCUT2D eigenvalue weighted by atomic mass is 10.3. The molecule has 1 rings (SSSR count). The van der Waals surface area contributed by atoms with Gasteiger partial charge in [-0.05, 0) is 6.42 Å². The fourth-order valence-corrected chi connectivity index (χ4v) is 4.52. The fraction of sp³-hybridized carbons (Fsp3) is 0.857. The van der Waals surface area contributed by atoms with Gasteiger partial charge in [0.05, 0.1) is 5.37 Å². The van der Waals surface area contributed by atoms with Gasteiger partial charge < -0.3 is 5.11 Å². The Bertz CT molecular complexity index is 343. The average molecular weight is 254 g/mol. The summed E-state index contributed by atoms with van der Waals surface area (Å²) < 4.78 is 23.4. The third-order valence-corrected chi connectivity index (χ3v) is 4.74. The normalized spacial score (nSPS) is 28.1. The van der Waals surface area contributed by atoms with Gasteiger partial charge in [-0.15, -0.1) is 11.8 Å². The van der Waals surface area contributed by atoms with Crippen molar-refractivity contribution >= 4 is 27.9 Å². The summed E-state index contributed by atoms with van der Waals surface area (Å²) in [6.45, 7) is 1.91. The summed E-state index contributed by atoms with van der Waals surface area (Å²) in [6.07, 6.45) is 1.40. The summed E-state index contributed by atoms with van der Waals surface area (Å²) >= 11 is 1.32. The highest BCUT2D eigenvalue weighted by atomic mass is 32.2. The van der Waals surface area contributed by atoms with E-state index in [2.05, 4.69) is 0 Å². The van der Waals surface area contributed by atoms with Gasteiger partial charge in [0.25, 0.3) is 10.2 Å². The molecule has 0 bridgehead atoms. The zero-order chi connectivity index (χ0) is 11.6. The van der Waals surface area contributed by atoms with Crippen molar-refractivity contribution in [1.29, 1.82) is 0 Å². The third kappa shape index (κ3) is 2.83. The van der Waals surface area contributed by atoms with Crippen LogP contribution in [0.25, 0.3) is 0 Å². The molecule has 1 heterocycles. The molecule has 8 heteroatoms. The van der Waals surface area contributed by atoms with Crippen LogP contribution in [-0.4, -0.2) is 41.0 Å². The number of hydrogen-bond acceptors (Lipinski definition) is 4. The zero-order valence-electron chi connectivity index (χ0n) is 8.29. The molecule has 2 unspecified atom stereocenters. The minimum atomic E-state index is -3.94. The molecule has 0 aromatic rings. The molecular formula is C7H14N2O4S2. The fourth-order valence-electron chi connectivity index (χ4n) is 1.53. The molecule has 1 aliphatic rings. The van der Waals surface area contributed by atoms with E-state index in [0.29, 0.717) is 6.42 Å². The number of carboxylic acids is 1. The van der Waals surface area contributed by atoms with E-state index in [1.54, 1.807) is 0 Å². The Morgan fingerprint density at radius 3 is 2.67 bits per heavy atom. The number of carboxylic acid groups (broad SMARTS) is 1. The van der Waals surface area contributed by atoms with Crippen LogP contribution in [0.15, 0.2) is 0 Å². The van der Waals surface area contributed by atoms with E-state index in [4.69, 9.17) is 10.2 Å². The molecule has 0 amide bonds. The molecule has 0 radical (unpaired) electrons. The highest BCUT2D eigenvalue weighted by Gasteiger charge is 2.43. The van der Waals surface area contributed by atoms with Crippen LogP contribution in [-0.2, 0) is 15.0 Å². The number of rotatable bonds is 4. The van der Waals surface area contributed by atoms with Gasteiger partial charge in [-0.1, -0.05) is 13.3 Å². The Morgan fingerprint density at radius 1 is 1.67 bits per heavy atom. The second-order valence-corrected chi connectivity index (χ2v) is 5.97. The van der Waals surface area contributed by atoms with Crippen LogP contribution in [0.4, 0.5) is 0 Å². The number of hydrogen-bond donors (Lipinski definition) is 2. The lowest BCUT2D eigenvalue weighted by Gasteiger charge is -2.23. The summed E-state index contributed by atoms with van der Waals surface area (Å²) in [5.74, 6) is -0.883. The van der Waals surface area contributed by atoms with E-state index in [-0.39, 0.29) is 11.1 Å². The highest BCUT2D eigenvalue weighted by molar-refractivity contribution is 8.01. The lowest BCUT2D eigenvalue weighted by molar-refractivity contribution is -0.140. The van der Waals surface area contributed by atoms with Crippen LogP contribution in [0.3, 0.4) is 0 Å². The SMILES string of the molecule is CCCC1SCC(C(=O)O)N1S(N)(=O)=O. The van der Waals surface area contributed by atoms with Crippen molar-refractivity contribution in [1.82, 2.24) is 4.31 Å². The Labute approximate surface area is 93.0 Å². The van der Waals surface area contributed by atoms with Crippen molar-refractivity contribution < 1.29 is 18.3 Å². The number of thioether (sulfide) groups is 1. The predicted octanol–water partition coefficient (Wildman–Crippen LogP) is -0.182. The summed E-state index contributed by atoms with van der Waals surface area (Å²) in [5, 5.41) is 13.5. The van der Waals surface area contributed by atoms with Gasteiger partial charge in [-0.2, -0.15) is 12.7 Å². The number of carbonyl (C=O) groups is 1. The van der Waals surface area contributed by atoms with Gasteiger partial charge in [0, 0.05) is 5.75 Å². The van der Waals surface area contributed by atoms with Crippen molar-refractivity contribution in [2.45, 2.75) is 31.2 Å². The molecule has 6 nitrogen and oxygen atoms in total. The van der Waals surface area contributed by atoms with E-state index in [0.717, 1.165) is 10.7 Å². The van der Waals surface area contributed by atoms with Crippen molar-refractivity contribution in [2.24, 2.45) is 5.14 Å². The molecule has 3 N–H and O–H groups in total. The molecule has 0 aromatic heterocycles. The number of nitrogens with two attached hydrogens (primary N) is 1. The minimum Gasteiger partial charge on any atom is -0.480 e. The molecule has 2 atom stereocenters. The van der Waals surface area contributed by atoms with Crippen LogP contribution >= 0.6 is 11.8 Å². The summed E-state index contributed by atoms with van der Waals surface area (Å²) in [5.41, 5.74) is 0. The van der Waals surface area contributed by atoms with E-state index in [1.807, 2.05) is 6.92 Å². The van der Waals surface area contributed by atoms with E-state index in [1.165, 1.54) is 11.8 Å².